The van der Waals surface area contributed by atoms with E-state index < -0.39 is 29.3 Å². The summed E-state index contributed by atoms with van der Waals surface area (Å²) in [5.41, 5.74) is -0.615. The van der Waals surface area contributed by atoms with Gasteiger partial charge in [-0.1, -0.05) is 26.0 Å². The number of nitrogens with one attached hydrogen (secondary N) is 2. The zero-order valence-corrected chi connectivity index (χ0v) is 21.8. The lowest BCUT2D eigenvalue weighted by Crippen LogP contribution is -2.59. The molecule has 1 aromatic rings. The molecule has 1 fully saturated rings. The largest absolute Gasteiger partial charge is 0.508 e. The molecule has 1 aliphatic carbocycles. The number of ether oxygens (including phenoxy) is 1. The Balaban J connectivity index is 2.48. The van der Waals surface area contributed by atoms with E-state index in [4.69, 9.17) is 4.74 Å². The molecule has 0 spiro atoms. The van der Waals surface area contributed by atoms with E-state index >= 15 is 0 Å². The molecule has 0 aromatic heterocycles. The van der Waals surface area contributed by atoms with Crippen molar-refractivity contribution in [2.75, 3.05) is 0 Å². The average Bonchev–Trinajstić information content (AvgIpc) is 2.62. The van der Waals surface area contributed by atoms with Crippen LogP contribution in [0.3, 0.4) is 0 Å². The number of amides is 3. The topological polar surface area (TPSA) is 108 Å². The van der Waals surface area contributed by atoms with Crippen LogP contribution in [0, 0.1) is 5.92 Å². The molecule has 3 amide bonds. The van der Waals surface area contributed by atoms with Gasteiger partial charge in [0.2, 0.25) is 11.8 Å². The number of aromatic hydroxyl groups is 1. The normalized spacial score (nSPS) is 16.3. The predicted octanol–water partition coefficient (Wildman–Crippen LogP) is 4.28. The summed E-state index contributed by atoms with van der Waals surface area (Å²) < 4.78 is 5.39. The smallest absolute Gasteiger partial charge is 0.408 e. The van der Waals surface area contributed by atoms with E-state index in [2.05, 4.69) is 10.6 Å². The lowest BCUT2D eigenvalue weighted by molar-refractivity contribution is -0.148. The monoisotopic (exact) mass is 475 g/mol. The van der Waals surface area contributed by atoms with E-state index in [9.17, 15) is 19.5 Å². The minimum Gasteiger partial charge on any atom is -0.508 e. The third-order valence-electron chi connectivity index (χ3n) is 5.56. The number of carbonyl (C=O) groups excluding carboxylic acids is 3. The maximum absolute atomic E-state index is 14.0. The van der Waals surface area contributed by atoms with Gasteiger partial charge in [-0.05, 0) is 84.4 Å². The van der Waals surface area contributed by atoms with Gasteiger partial charge < -0.3 is 25.4 Å². The molecule has 8 nitrogen and oxygen atoms in total. The average molecular weight is 476 g/mol. The molecule has 3 N–H and O–H groups in total. The number of hydrogen-bond acceptors (Lipinski definition) is 5. The van der Waals surface area contributed by atoms with Gasteiger partial charge in [0.1, 0.15) is 23.4 Å². The molecule has 0 saturated heterocycles. The molecule has 190 valence electrons. The summed E-state index contributed by atoms with van der Waals surface area (Å²) in [6.45, 7) is 14.6. The van der Waals surface area contributed by atoms with Crippen molar-refractivity contribution in [1.29, 1.82) is 0 Å². The van der Waals surface area contributed by atoms with Crippen LogP contribution in [-0.2, 0) is 14.3 Å². The molecule has 2 rings (SSSR count). The molecule has 1 saturated carbocycles. The van der Waals surface area contributed by atoms with Crippen LogP contribution in [-0.4, -0.2) is 51.1 Å². The molecule has 0 aliphatic heterocycles. The van der Waals surface area contributed by atoms with Crippen LogP contribution in [0.15, 0.2) is 24.3 Å². The van der Waals surface area contributed by atoms with Crippen molar-refractivity contribution in [3.8, 4) is 5.75 Å². The lowest BCUT2D eigenvalue weighted by atomic mass is 9.87. The van der Waals surface area contributed by atoms with Gasteiger partial charge in [0.25, 0.3) is 0 Å². The zero-order valence-electron chi connectivity index (χ0n) is 21.8. The van der Waals surface area contributed by atoms with Crippen LogP contribution in [0.25, 0.3) is 0 Å². The fourth-order valence-electron chi connectivity index (χ4n) is 3.82. The Morgan fingerprint density at radius 3 is 2.00 bits per heavy atom. The number of phenols is 1. The Hall–Kier alpha value is -2.77. The Kier molecular flexibility index (Phi) is 8.61. The van der Waals surface area contributed by atoms with E-state index in [1.54, 1.807) is 37.8 Å². The molecule has 2 unspecified atom stereocenters. The van der Waals surface area contributed by atoms with Crippen molar-refractivity contribution in [3.05, 3.63) is 29.8 Å². The third-order valence-corrected chi connectivity index (χ3v) is 5.56. The molecule has 2 atom stereocenters. The van der Waals surface area contributed by atoms with Crippen LogP contribution in [0.5, 0.6) is 5.75 Å². The fourth-order valence-corrected chi connectivity index (χ4v) is 3.82. The van der Waals surface area contributed by atoms with Gasteiger partial charge in [-0.3, -0.25) is 9.59 Å². The second-order valence-corrected chi connectivity index (χ2v) is 11.4. The first kappa shape index (κ1) is 27.5. The van der Waals surface area contributed by atoms with Crippen LogP contribution < -0.4 is 10.6 Å². The van der Waals surface area contributed by atoms with Crippen molar-refractivity contribution in [3.63, 3.8) is 0 Å². The molecular formula is C26H41N3O5. The molecule has 0 radical (unpaired) electrons. The molecule has 1 aromatic carbocycles. The number of benzene rings is 1. The highest BCUT2D eigenvalue weighted by molar-refractivity contribution is 5.92. The Morgan fingerprint density at radius 2 is 1.59 bits per heavy atom. The Labute approximate surface area is 203 Å². The molecule has 34 heavy (non-hydrogen) atoms. The standard InChI is InChI=1S/C26H41N3O5/c1-16(2)20(27-24(33)34-26(6,7)8)23(32)29(18-10-9-11-18)21(22(31)28-25(3,4)5)17-12-14-19(30)15-13-17/h12-16,18,20-21,30H,9-11H2,1-8H3,(H,27,33)(H,28,31). The number of alkyl carbamates (subject to hydrolysis) is 1. The van der Waals surface area contributed by atoms with E-state index in [0.717, 1.165) is 19.3 Å². The van der Waals surface area contributed by atoms with Gasteiger partial charge in [0.05, 0.1) is 0 Å². The fraction of sp³-hybridized carbons (Fsp3) is 0.654. The van der Waals surface area contributed by atoms with Crippen molar-refractivity contribution in [2.24, 2.45) is 5.92 Å². The van der Waals surface area contributed by atoms with E-state index in [1.807, 2.05) is 34.6 Å². The SMILES string of the molecule is CC(C)C(NC(=O)OC(C)(C)C)C(=O)N(C1CCC1)C(C(=O)NC(C)(C)C)c1ccc(O)cc1. The molecule has 1 aliphatic rings. The van der Waals surface area contributed by atoms with Crippen LogP contribution >= 0.6 is 0 Å². The van der Waals surface area contributed by atoms with E-state index in [1.165, 1.54) is 12.1 Å². The van der Waals surface area contributed by atoms with Crippen molar-refractivity contribution in [1.82, 2.24) is 15.5 Å². The van der Waals surface area contributed by atoms with Crippen molar-refractivity contribution < 1.29 is 24.2 Å². The summed E-state index contributed by atoms with van der Waals surface area (Å²) >= 11 is 0. The second-order valence-electron chi connectivity index (χ2n) is 11.4. The molecule has 0 heterocycles. The van der Waals surface area contributed by atoms with Gasteiger partial charge in [-0.15, -0.1) is 0 Å². The number of rotatable bonds is 7. The number of nitrogens with zero attached hydrogens (tertiary/aromatic N) is 1. The van der Waals surface area contributed by atoms with Crippen molar-refractivity contribution in [2.45, 2.75) is 104 Å². The lowest BCUT2D eigenvalue weighted by Gasteiger charge is -2.44. The number of phenolic OH excluding ortho intramolecular Hbond substituents is 1. The minimum absolute atomic E-state index is 0.0758. The van der Waals surface area contributed by atoms with E-state index in [0.29, 0.717) is 5.56 Å². The highest BCUT2D eigenvalue weighted by atomic mass is 16.6. The van der Waals surface area contributed by atoms with Gasteiger partial charge in [0, 0.05) is 11.6 Å². The van der Waals surface area contributed by atoms with Crippen molar-refractivity contribution >= 4 is 17.9 Å². The highest BCUT2D eigenvalue weighted by Crippen LogP contribution is 2.35. The van der Waals surface area contributed by atoms with Crippen LogP contribution in [0.4, 0.5) is 4.79 Å². The van der Waals surface area contributed by atoms with Gasteiger partial charge in [-0.2, -0.15) is 0 Å². The molecular weight excluding hydrogens is 434 g/mol. The minimum atomic E-state index is -0.903. The van der Waals surface area contributed by atoms with Gasteiger partial charge in [-0.25, -0.2) is 4.79 Å². The van der Waals surface area contributed by atoms with Gasteiger partial charge in [0.15, 0.2) is 0 Å². The molecule has 0 bridgehead atoms. The summed E-state index contributed by atoms with van der Waals surface area (Å²) in [5, 5.41) is 15.5. The first-order valence-corrected chi connectivity index (χ1v) is 12.0. The Morgan fingerprint density at radius 1 is 1.03 bits per heavy atom. The highest BCUT2D eigenvalue weighted by Gasteiger charge is 2.43. The zero-order chi connectivity index (χ0) is 25.8. The summed E-state index contributed by atoms with van der Waals surface area (Å²) in [7, 11) is 0. The summed E-state index contributed by atoms with van der Waals surface area (Å²) in [6.07, 6.45) is 1.85. The third kappa shape index (κ3) is 7.64. The summed E-state index contributed by atoms with van der Waals surface area (Å²) in [4.78, 5) is 41.7. The Bertz CT molecular complexity index is 864. The quantitative estimate of drug-likeness (QED) is 0.546. The first-order valence-electron chi connectivity index (χ1n) is 12.0. The number of hydrogen-bond donors (Lipinski definition) is 3. The molecule has 8 heteroatoms. The second kappa shape index (κ2) is 10.7. The van der Waals surface area contributed by atoms with Gasteiger partial charge >= 0.3 is 6.09 Å². The predicted molar refractivity (Wildman–Crippen MR) is 131 cm³/mol. The van der Waals surface area contributed by atoms with E-state index in [-0.39, 0.29) is 29.5 Å². The summed E-state index contributed by atoms with van der Waals surface area (Å²) in [5.74, 6) is -0.786. The maximum Gasteiger partial charge on any atom is 0.408 e. The summed E-state index contributed by atoms with van der Waals surface area (Å²) in [6, 6.07) is 4.44. The van der Waals surface area contributed by atoms with Crippen LogP contribution in [0.1, 0.15) is 86.3 Å². The maximum atomic E-state index is 14.0. The van der Waals surface area contributed by atoms with Crippen LogP contribution in [0.2, 0.25) is 0 Å². The number of carbonyl (C=O) groups is 3. The first-order chi connectivity index (χ1) is 15.6.